The summed E-state index contributed by atoms with van der Waals surface area (Å²) in [6.45, 7) is 14.5. The topological polar surface area (TPSA) is 29.3 Å². The van der Waals surface area contributed by atoms with Crippen LogP contribution in [0.25, 0.3) is 0 Å². The molecular formula is C13H30N2. The molecular weight excluding hydrogens is 184 g/mol. The average molecular weight is 214 g/mol. The van der Waals surface area contributed by atoms with Crippen LogP contribution in [0, 0.1) is 5.41 Å². The summed E-state index contributed by atoms with van der Waals surface area (Å²) >= 11 is 0. The highest BCUT2D eigenvalue weighted by Crippen LogP contribution is 2.20. The van der Waals surface area contributed by atoms with Crippen molar-refractivity contribution in [1.29, 1.82) is 0 Å². The number of hydrogen-bond acceptors (Lipinski definition) is 2. The van der Waals surface area contributed by atoms with Gasteiger partial charge in [-0.1, -0.05) is 27.7 Å². The van der Waals surface area contributed by atoms with Gasteiger partial charge in [-0.3, -0.25) is 0 Å². The van der Waals surface area contributed by atoms with Crippen molar-refractivity contribution in [3.05, 3.63) is 0 Å². The molecule has 0 radical (unpaired) electrons. The Bertz CT molecular complexity index is 155. The van der Waals surface area contributed by atoms with E-state index in [0.717, 1.165) is 19.1 Å². The molecule has 0 aliphatic carbocycles. The van der Waals surface area contributed by atoms with Gasteiger partial charge < -0.3 is 10.6 Å². The van der Waals surface area contributed by atoms with Crippen molar-refractivity contribution < 1.29 is 0 Å². The maximum absolute atomic E-state index is 5.73. The third-order valence-corrected chi connectivity index (χ3v) is 3.47. The maximum atomic E-state index is 5.73. The second-order valence-electron chi connectivity index (χ2n) is 5.36. The Hall–Kier alpha value is -0.0800. The van der Waals surface area contributed by atoms with Crippen molar-refractivity contribution in [2.24, 2.45) is 11.1 Å². The van der Waals surface area contributed by atoms with E-state index in [1.165, 1.54) is 25.8 Å². The molecule has 0 heterocycles. The molecule has 0 saturated carbocycles. The summed E-state index contributed by atoms with van der Waals surface area (Å²) in [6, 6.07) is 0.719. The highest BCUT2D eigenvalue weighted by Gasteiger charge is 2.16. The number of hydrogen-bond donors (Lipinski definition) is 1. The smallest absolute Gasteiger partial charge is 0.00641 e. The SMILES string of the molecule is CCC(C)N(CC)CCCC(C)(C)CN. The van der Waals surface area contributed by atoms with E-state index in [9.17, 15) is 0 Å². The molecule has 0 aromatic carbocycles. The summed E-state index contributed by atoms with van der Waals surface area (Å²) in [4.78, 5) is 2.56. The Balaban J connectivity index is 3.82. The molecule has 92 valence electrons. The van der Waals surface area contributed by atoms with Gasteiger partial charge in [-0.15, -0.1) is 0 Å². The first-order valence-electron chi connectivity index (χ1n) is 6.41. The first-order valence-corrected chi connectivity index (χ1v) is 6.41. The van der Waals surface area contributed by atoms with Crippen molar-refractivity contribution in [3.8, 4) is 0 Å². The third-order valence-electron chi connectivity index (χ3n) is 3.47. The van der Waals surface area contributed by atoms with Crippen molar-refractivity contribution in [2.45, 2.75) is 59.9 Å². The van der Waals surface area contributed by atoms with Crippen LogP contribution in [-0.4, -0.2) is 30.6 Å². The van der Waals surface area contributed by atoms with Gasteiger partial charge in [-0.2, -0.15) is 0 Å². The van der Waals surface area contributed by atoms with E-state index in [2.05, 4.69) is 39.5 Å². The lowest BCUT2D eigenvalue weighted by atomic mass is 9.88. The van der Waals surface area contributed by atoms with Crippen molar-refractivity contribution >= 4 is 0 Å². The van der Waals surface area contributed by atoms with Gasteiger partial charge in [0.1, 0.15) is 0 Å². The maximum Gasteiger partial charge on any atom is 0.00641 e. The fraction of sp³-hybridized carbons (Fsp3) is 1.00. The Kier molecular flexibility index (Phi) is 7.20. The molecule has 2 N–H and O–H groups in total. The summed E-state index contributed by atoms with van der Waals surface area (Å²) in [7, 11) is 0. The predicted octanol–water partition coefficient (Wildman–Crippen LogP) is 2.87. The van der Waals surface area contributed by atoms with Crippen LogP contribution in [0.15, 0.2) is 0 Å². The van der Waals surface area contributed by atoms with Gasteiger partial charge >= 0.3 is 0 Å². The minimum atomic E-state index is 0.314. The van der Waals surface area contributed by atoms with Gasteiger partial charge in [-0.25, -0.2) is 0 Å². The minimum absolute atomic E-state index is 0.314. The first-order chi connectivity index (χ1) is 6.96. The van der Waals surface area contributed by atoms with Crippen LogP contribution in [0.5, 0.6) is 0 Å². The van der Waals surface area contributed by atoms with Gasteiger partial charge in [-0.05, 0) is 51.2 Å². The standard InChI is InChI=1S/C13H30N2/c1-6-12(3)15(7-2)10-8-9-13(4,5)11-14/h12H,6-11,14H2,1-5H3. The zero-order valence-electron chi connectivity index (χ0n) is 11.3. The summed E-state index contributed by atoms with van der Waals surface area (Å²) in [6.07, 6.45) is 3.74. The van der Waals surface area contributed by atoms with E-state index < -0.39 is 0 Å². The van der Waals surface area contributed by atoms with E-state index in [4.69, 9.17) is 5.73 Å². The summed E-state index contributed by atoms with van der Waals surface area (Å²) in [5, 5.41) is 0. The largest absolute Gasteiger partial charge is 0.330 e. The zero-order valence-corrected chi connectivity index (χ0v) is 11.3. The quantitative estimate of drug-likeness (QED) is 0.673. The molecule has 0 fully saturated rings. The molecule has 0 aliphatic heterocycles. The Labute approximate surface area is 96.2 Å². The minimum Gasteiger partial charge on any atom is -0.330 e. The van der Waals surface area contributed by atoms with Crippen molar-refractivity contribution in [3.63, 3.8) is 0 Å². The molecule has 0 aromatic heterocycles. The Morgan fingerprint density at radius 3 is 2.27 bits per heavy atom. The molecule has 0 bridgehead atoms. The Morgan fingerprint density at radius 2 is 1.87 bits per heavy atom. The molecule has 0 aliphatic rings. The van der Waals surface area contributed by atoms with E-state index >= 15 is 0 Å². The highest BCUT2D eigenvalue weighted by atomic mass is 15.1. The van der Waals surface area contributed by atoms with Gasteiger partial charge in [0.05, 0.1) is 0 Å². The first kappa shape index (κ1) is 14.9. The van der Waals surface area contributed by atoms with Crippen molar-refractivity contribution in [2.75, 3.05) is 19.6 Å². The van der Waals surface area contributed by atoms with Crippen molar-refractivity contribution in [1.82, 2.24) is 4.90 Å². The van der Waals surface area contributed by atoms with E-state index in [1.807, 2.05) is 0 Å². The van der Waals surface area contributed by atoms with Gasteiger partial charge in [0.2, 0.25) is 0 Å². The summed E-state index contributed by atoms with van der Waals surface area (Å²) in [5.41, 5.74) is 6.04. The van der Waals surface area contributed by atoms with E-state index in [1.54, 1.807) is 0 Å². The molecule has 0 saturated heterocycles. The molecule has 1 atom stereocenters. The van der Waals surface area contributed by atoms with E-state index in [0.29, 0.717) is 5.41 Å². The van der Waals surface area contributed by atoms with Crippen LogP contribution in [-0.2, 0) is 0 Å². The molecule has 0 spiro atoms. The van der Waals surface area contributed by atoms with E-state index in [-0.39, 0.29) is 0 Å². The molecule has 15 heavy (non-hydrogen) atoms. The average Bonchev–Trinajstić information content (AvgIpc) is 2.23. The molecule has 0 aromatic rings. The second kappa shape index (κ2) is 7.24. The molecule has 2 heteroatoms. The van der Waals surface area contributed by atoms with Crippen LogP contribution in [0.3, 0.4) is 0 Å². The predicted molar refractivity (Wildman–Crippen MR) is 69.1 cm³/mol. The number of rotatable bonds is 8. The van der Waals surface area contributed by atoms with Crippen LogP contribution >= 0.6 is 0 Å². The summed E-state index contributed by atoms with van der Waals surface area (Å²) in [5.74, 6) is 0. The van der Waals surface area contributed by atoms with Crippen LogP contribution in [0.2, 0.25) is 0 Å². The summed E-state index contributed by atoms with van der Waals surface area (Å²) < 4.78 is 0. The van der Waals surface area contributed by atoms with Gasteiger partial charge in [0.25, 0.3) is 0 Å². The van der Waals surface area contributed by atoms with Gasteiger partial charge in [0, 0.05) is 6.04 Å². The number of nitrogens with two attached hydrogens (primary N) is 1. The number of nitrogens with zero attached hydrogens (tertiary/aromatic N) is 1. The molecule has 2 nitrogen and oxygen atoms in total. The van der Waals surface area contributed by atoms with Gasteiger partial charge in [0.15, 0.2) is 0 Å². The molecule has 1 unspecified atom stereocenters. The lowest BCUT2D eigenvalue weighted by Gasteiger charge is -2.29. The molecule has 0 amide bonds. The Morgan fingerprint density at radius 1 is 1.27 bits per heavy atom. The fourth-order valence-electron chi connectivity index (χ4n) is 1.81. The third kappa shape index (κ3) is 6.16. The molecule has 0 rings (SSSR count). The normalized spacial score (nSPS) is 14.6. The second-order valence-corrected chi connectivity index (χ2v) is 5.36. The fourth-order valence-corrected chi connectivity index (χ4v) is 1.81. The highest BCUT2D eigenvalue weighted by molar-refractivity contribution is 4.71. The van der Waals surface area contributed by atoms with Crippen LogP contribution in [0.4, 0.5) is 0 Å². The lowest BCUT2D eigenvalue weighted by Crippen LogP contribution is -2.34. The van der Waals surface area contributed by atoms with Crippen LogP contribution in [0.1, 0.15) is 53.9 Å². The van der Waals surface area contributed by atoms with Crippen LogP contribution < -0.4 is 5.73 Å². The lowest BCUT2D eigenvalue weighted by molar-refractivity contribution is 0.197. The zero-order chi connectivity index (χ0) is 11.9. The monoisotopic (exact) mass is 214 g/mol.